The highest BCUT2D eigenvalue weighted by Gasteiger charge is 2.20. The van der Waals surface area contributed by atoms with Crippen LogP contribution in [-0.2, 0) is 0 Å². The Morgan fingerprint density at radius 1 is 0.878 bits per heavy atom. The lowest BCUT2D eigenvalue weighted by Crippen LogP contribution is -2.07. The first kappa shape index (κ1) is 30.7. The molecule has 0 spiro atoms. The van der Waals surface area contributed by atoms with Gasteiger partial charge in [-0.2, -0.15) is 10.5 Å². The number of allylic oxidation sites excluding steroid dienone is 3. The first-order valence-corrected chi connectivity index (χ1v) is 15.0. The predicted octanol–water partition coefficient (Wildman–Crippen LogP) is 8.18. The van der Waals surface area contributed by atoms with Crippen molar-refractivity contribution in [3.05, 3.63) is 106 Å². The van der Waals surface area contributed by atoms with Gasteiger partial charge in [0.2, 0.25) is 10.6 Å². The molecule has 3 aromatic rings. The summed E-state index contributed by atoms with van der Waals surface area (Å²) >= 11 is 26.4. The topological polar surface area (TPSA) is 123 Å². The maximum absolute atomic E-state index is 9.44. The molecule has 2 aromatic heterocycles. The van der Waals surface area contributed by atoms with Crippen LogP contribution in [0.2, 0.25) is 20.6 Å². The monoisotopic (exact) mass is 658 g/mol. The number of hydrogen-bond acceptors (Lipinski definition) is 10. The first-order chi connectivity index (χ1) is 19.7. The maximum Gasteiger partial charge on any atom is 0.222 e. The third-order valence-corrected chi connectivity index (χ3v) is 8.43. The van der Waals surface area contributed by atoms with Gasteiger partial charge in [0, 0.05) is 29.1 Å². The molecule has 0 amide bonds. The average Bonchev–Trinajstić information content (AvgIpc) is 3.64. The number of benzene rings is 1. The van der Waals surface area contributed by atoms with E-state index in [9.17, 15) is 10.5 Å². The van der Waals surface area contributed by atoms with E-state index in [1.807, 2.05) is 23.8 Å². The zero-order chi connectivity index (χ0) is 29.5. The SMILES string of the molecule is CCC1=CSC(=C(C#N)c2nc(Cl)ncc2C)N1.N#CC(=C1NC(c2ccc(Cl)c(Cl)c2)=CS1)c1ccnc(Cl)n1. The quantitative estimate of drug-likeness (QED) is 0.209. The molecule has 14 heteroatoms. The molecular formula is C27H18Cl4N8S2. The highest BCUT2D eigenvalue weighted by atomic mass is 35.5. The van der Waals surface area contributed by atoms with Crippen molar-refractivity contribution in [3.8, 4) is 12.1 Å². The molecule has 2 aliphatic heterocycles. The van der Waals surface area contributed by atoms with Crippen molar-refractivity contribution in [1.29, 1.82) is 10.5 Å². The van der Waals surface area contributed by atoms with Crippen molar-refractivity contribution in [3.63, 3.8) is 0 Å². The number of nitriles is 2. The lowest BCUT2D eigenvalue weighted by atomic mass is 10.1. The molecule has 8 nitrogen and oxygen atoms in total. The van der Waals surface area contributed by atoms with E-state index in [0.717, 1.165) is 34.0 Å². The predicted molar refractivity (Wildman–Crippen MR) is 168 cm³/mol. The van der Waals surface area contributed by atoms with E-state index in [1.165, 1.54) is 29.7 Å². The van der Waals surface area contributed by atoms with E-state index >= 15 is 0 Å². The summed E-state index contributed by atoms with van der Waals surface area (Å²) in [7, 11) is 0. The van der Waals surface area contributed by atoms with Crippen molar-refractivity contribution in [2.24, 2.45) is 0 Å². The van der Waals surface area contributed by atoms with E-state index in [1.54, 1.807) is 24.4 Å². The van der Waals surface area contributed by atoms with Crippen LogP contribution in [0.5, 0.6) is 0 Å². The second kappa shape index (κ2) is 14.1. The zero-order valence-corrected chi connectivity index (χ0v) is 26.0. The number of halogens is 4. The number of aromatic nitrogens is 4. The maximum atomic E-state index is 9.44. The molecule has 206 valence electrons. The van der Waals surface area contributed by atoms with Gasteiger partial charge in [0.05, 0.1) is 37.2 Å². The van der Waals surface area contributed by atoms with Crippen molar-refractivity contribution in [2.75, 3.05) is 0 Å². The van der Waals surface area contributed by atoms with E-state index < -0.39 is 0 Å². The lowest BCUT2D eigenvalue weighted by molar-refractivity contribution is 0.950. The summed E-state index contributed by atoms with van der Waals surface area (Å²) in [5.41, 5.74) is 5.57. The second-order valence-electron chi connectivity index (χ2n) is 8.16. The normalized spacial score (nSPS) is 16.2. The molecule has 0 atom stereocenters. The van der Waals surface area contributed by atoms with Gasteiger partial charge in [-0.15, -0.1) is 0 Å². The van der Waals surface area contributed by atoms with Crippen LogP contribution in [0.15, 0.2) is 63.2 Å². The number of hydrogen-bond donors (Lipinski definition) is 2. The summed E-state index contributed by atoms with van der Waals surface area (Å²) in [5.74, 6) is 0. The number of thioether (sulfide) groups is 2. The van der Waals surface area contributed by atoms with Crippen LogP contribution >= 0.6 is 69.9 Å². The van der Waals surface area contributed by atoms with Crippen LogP contribution in [0, 0.1) is 29.6 Å². The first-order valence-electron chi connectivity index (χ1n) is 11.7. The fourth-order valence-electron chi connectivity index (χ4n) is 3.44. The van der Waals surface area contributed by atoms with Gasteiger partial charge in [0.25, 0.3) is 0 Å². The van der Waals surface area contributed by atoms with Crippen LogP contribution in [0.25, 0.3) is 16.8 Å². The number of nitrogens with zero attached hydrogens (tertiary/aromatic N) is 6. The molecule has 1 aromatic carbocycles. The molecule has 0 saturated carbocycles. The van der Waals surface area contributed by atoms with Gasteiger partial charge in [-0.05, 0) is 65.7 Å². The minimum Gasteiger partial charge on any atom is -0.352 e. The summed E-state index contributed by atoms with van der Waals surface area (Å²) in [6, 6.07) is 11.3. The highest BCUT2D eigenvalue weighted by molar-refractivity contribution is 8.06. The van der Waals surface area contributed by atoms with Crippen molar-refractivity contribution < 1.29 is 0 Å². The summed E-state index contributed by atoms with van der Waals surface area (Å²) < 4.78 is 0. The van der Waals surface area contributed by atoms with Gasteiger partial charge in [0.1, 0.15) is 23.3 Å². The van der Waals surface area contributed by atoms with Crippen molar-refractivity contribution in [1.82, 2.24) is 30.6 Å². The Hall–Kier alpha value is -3.22. The third kappa shape index (κ3) is 7.55. The Morgan fingerprint density at radius 2 is 1.59 bits per heavy atom. The Labute approximate surface area is 265 Å². The zero-order valence-electron chi connectivity index (χ0n) is 21.3. The Morgan fingerprint density at radius 3 is 2.24 bits per heavy atom. The van der Waals surface area contributed by atoms with Gasteiger partial charge < -0.3 is 10.6 Å². The second-order valence-corrected chi connectivity index (χ2v) is 11.4. The molecule has 0 radical (unpaired) electrons. The van der Waals surface area contributed by atoms with Crippen molar-refractivity contribution in [2.45, 2.75) is 20.3 Å². The largest absolute Gasteiger partial charge is 0.352 e. The highest BCUT2D eigenvalue weighted by Crippen LogP contribution is 2.36. The molecule has 41 heavy (non-hydrogen) atoms. The molecule has 0 fully saturated rings. The minimum atomic E-state index is 0.0940. The van der Waals surface area contributed by atoms with Crippen LogP contribution in [0.3, 0.4) is 0 Å². The number of nitrogens with one attached hydrogen (secondary N) is 2. The molecule has 0 unspecified atom stereocenters. The van der Waals surface area contributed by atoms with Crippen LogP contribution in [0.4, 0.5) is 0 Å². The van der Waals surface area contributed by atoms with Crippen molar-refractivity contribution >= 4 is 86.8 Å². The Bertz CT molecular complexity index is 1720. The Balaban J connectivity index is 0.000000195. The summed E-state index contributed by atoms with van der Waals surface area (Å²) in [5, 5.41) is 31.8. The fraction of sp³-hybridized carbons (Fsp3) is 0.111. The van der Waals surface area contributed by atoms with Gasteiger partial charge in [0.15, 0.2) is 0 Å². The summed E-state index contributed by atoms with van der Waals surface area (Å²) in [6.07, 6.45) is 4.03. The van der Waals surface area contributed by atoms with Gasteiger partial charge in [-0.1, -0.05) is 59.7 Å². The number of aryl methyl sites for hydroxylation is 1. The van der Waals surface area contributed by atoms with Crippen LogP contribution < -0.4 is 10.6 Å². The summed E-state index contributed by atoms with van der Waals surface area (Å²) in [4.78, 5) is 15.9. The van der Waals surface area contributed by atoms with E-state index in [4.69, 9.17) is 46.4 Å². The molecule has 2 N–H and O–H groups in total. The molecule has 0 aliphatic carbocycles. The summed E-state index contributed by atoms with van der Waals surface area (Å²) in [6.45, 7) is 3.92. The average molecular weight is 660 g/mol. The number of rotatable bonds is 4. The lowest BCUT2D eigenvalue weighted by Gasteiger charge is -2.08. The molecular weight excluding hydrogens is 642 g/mol. The van der Waals surface area contributed by atoms with Gasteiger partial charge in [-0.25, -0.2) is 19.9 Å². The van der Waals surface area contributed by atoms with E-state index in [2.05, 4.69) is 49.6 Å². The molecule has 2 aliphatic rings. The van der Waals surface area contributed by atoms with Crippen LogP contribution in [-0.4, -0.2) is 19.9 Å². The minimum absolute atomic E-state index is 0.0940. The molecule has 4 heterocycles. The standard InChI is InChI=1S/C15H7Cl3N4S.C12H11ClN4S/c16-10-2-1-8(5-11(10)17)13-7-23-14(21-13)9(6-19)12-3-4-20-15(18)22-12;1-3-8-6-18-11(16-8)9(4-14)10-7(2)5-15-12(13)17-10/h1-5,7,21H;5-6,16H,3H2,1-2H3. The third-order valence-electron chi connectivity index (χ3n) is 5.49. The Kier molecular flexibility index (Phi) is 10.6. The molecule has 0 bridgehead atoms. The van der Waals surface area contributed by atoms with E-state index in [-0.39, 0.29) is 10.6 Å². The van der Waals surface area contributed by atoms with Gasteiger partial charge in [-0.3, -0.25) is 0 Å². The van der Waals surface area contributed by atoms with Gasteiger partial charge >= 0.3 is 0 Å². The molecule has 5 rings (SSSR count). The van der Waals surface area contributed by atoms with Crippen LogP contribution in [0.1, 0.15) is 35.9 Å². The van der Waals surface area contributed by atoms with E-state index in [0.29, 0.717) is 37.6 Å². The fourth-order valence-corrected chi connectivity index (χ4v) is 5.82. The smallest absolute Gasteiger partial charge is 0.222 e. The molecule has 0 saturated heterocycles.